The van der Waals surface area contributed by atoms with E-state index in [1.54, 1.807) is 6.07 Å². The molecule has 4 atom stereocenters. The highest BCUT2D eigenvalue weighted by atomic mass is 16.5. The fourth-order valence-electron chi connectivity index (χ4n) is 7.48. The molecule has 184 valence electrons. The van der Waals surface area contributed by atoms with Crippen LogP contribution in [0.3, 0.4) is 0 Å². The summed E-state index contributed by atoms with van der Waals surface area (Å²) in [4.78, 5) is 31.6. The number of phenols is 1. The Morgan fingerprint density at radius 1 is 1.00 bits per heavy atom. The number of Topliss-reactive ketones (excluding diaryl/α,β-unsaturated/α-hetero) is 2. The van der Waals surface area contributed by atoms with Gasteiger partial charge in [0.25, 0.3) is 0 Å². The number of carbonyl (C=O) groups is 2. The molecule has 0 radical (unpaired) electrons. The van der Waals surface area contributed by atoms with Gasteiger partial charge in [0.1, 0.15) is 5.54 Å². The molecular formula is C32H27NO4. The lowest BCUT2D eigenvalue weighted by molar-refractivity contribution is 0.0519. The molecule has 0 bridgehead atoms. The van der Waals surface area contributed by atoms with Gasteiger partial charge >= 0.3 is 0 Å². The molecule has 7 rings (SSSR count). The smallest absolute Gasteiger partial charge is 0.189 e. The van der Waals surface area contributed by atoms with Gasteiger partial charge in [-0.1, -0.05) is 72.8 Å². The lowest BCUT2D eigenvalue weighted by atomic mass is 9.68. The minimum atomic E-state index is -1.08. The topological polar surface area (TPSA) is 66.8 Å². The number of hydrogen-bond acceptors (Lipinski definition) is 5. The van der Waals surface area contributed by atoms with Crippen molar-refractivity contribution in [1.82, 2.24) is 4.90 Å². The zero-order chi connectivity index (χ0) is 25.3. The summed E-state index contributed by atoms with van der Waals surface area (Å²) in [5.74, 6) is -0.434. The molecule has 5 heteroatoms. The third-order valence-corrected chi connectivity index (χ3v) is 8.81. The summed E-state index contributed by atoms with van der Waals surface area (Å²) in [6, 6.07) is 26.7. The van der Waals surface area contributed by atoms with Crippen molar-refractivity contribution >= 4 is 22.3 Å². The Morgan fingerprint density at radius 3 is 2.57 bits per heavy atom. The number of hydrogen-bond donors (Lipinski definition) is 1. The SMILES string of the molecule is COc1cc(C2C3CCCN3C3(C(=O)c4cccc5cccc3c45)C2C(=O)c2ccccc2)ccc1O. The van der Waals surface area contributed by atoms with Gasteiger partial charge in [0.15, 0.2) is 23.1 Å². The Bertz CT molecular complexity index is 1570. The molecule has 4 unspecified atom stereocenters. The van der Waals surface area contributed by atoms with E-state index in [9.17, 15) is 14.7 Å². The van der Waals surface area contributed by atoms with Crippen molar-refractivity contribution in [2.75, 3.05) is 13.7 Å². The molecule has 1 N–H and O–H groups in total. The van der Waals surface area contributed by atoms with E-state index in [2.05, 4.69) is 11.0 Å². The van der Waals surface area contributed by atoms with Gasteiger partial charge in [-0.15, -0.1) is 0 Å². The zero-order valence-electron chi connectivity index (χ0n) is 20.6. The molecule has 0 amide bonds. The summed E-state index contributed by atoms with van der Waals surface area (Å²) < 4.78 is 5.46. The first kappa shape index (κ1) is 22.3. The molecular weight excluding hydrogens is 462 g/mol. The Morgan fingerprint density at radius 2 is 1.78 bits per heavy atom. The van der Waals surface area contributed by atoms with Crippen LogP contribution in [0.2, 0.25) is 0 Å². The lowest BCUT2D eigenvalue weighted by Crippen LogP contribution is -2.51. The van der Waals surface area contributed by atoms with Crippen LogP contribution in [0.1, 0.15) is 50.6 Å². The molecule has 2 saturated heterocycles. The van der Waals surface area contributed by atoms with E-state index < -0.39 is 11.5 Å². The fraction of sp³-hybridized carbons (Fsp3) is 0.250. The van der Waals surface area contributed by atoms with Crippen LogP contribution in [0.15, 0.2) is 84.9 Å². The second kappa shape index (κ2) is 8.02. The number of nitrogens with zero attached hydrogens (tertiary/aromatic N) is 1. The van der Waals surface area contributed by atoms with Gasteiger partial charge in [0.2, 0.25) is 0 Å². The highest BCUT2D eigenvalue weighted by molar-refractivity contribution is 6.22. The number of rotatable bonds is 4. The lowest BCUT2D eigenvalue weighted by Gasteiger charge is -2.38. The monoisotopic (exact) mass is 489 g/mol. The van der Waals surface area contributed by atoms with Crippen molar-refractivity contribution in [3.05, 3.63) is 107 Å². The number of carbonyl (C=O) groups excluding carboxylic acids is 2. The molecule has 0 saturated carbocycles. The van der Waals surface area contributed by atoms with Crippen LogP contribution in [0.4, 0.5) is 0 Å². The third kappa shape index (κ3) is 2.83. The molecule has 4 aromatic carbocycles. The highest BCUT2D eigenvalue weighted by Gasteiger charge is 2.69. The summed E-state index contributed by atoms with van der Waals surface area (Å²) >= 11 is 0. The number of ketones is 2. The fourth-order valence-corrected chi connectivity index (χ4v) is 7.48. The Kier molecular flexibility index (Phi) is 4.82. The number of methoxy groups -OCH3 is 1. The predicted octanol–water partition coefficient (Wildman–Crippen LogP) is 5.71. The van der Waals surface area contributed by atoms with Crippen LogP contribution >= 0.6 is 0 Å². The van der Waals surface area contributed by atoms with Gasteiger partial charge < -0.3 is 9.84 Å². The van der Waals surface area contributed by atoms with Gasteiger partial charge in [-0.3, -0.25) is 14.5 Å². The van der Waals surface area contributed by atoms with Crippen molar-refractivity contribution in [3.8, 4) is 11.5 Å². The van der Waals surface area contributed by atoms with Crippen molar-refractivity contribution < 1.29 is 19.4 Å². The molecule has 5 nitrogen and oxygen atoms in total. The van der Waals surface area contributed by atoms with Crippen molar-refractivity contribution in [2.24, 2.45) is 5.92 Å². The minimum absolute atomic E-state index is 0.0143. The number of ether oxygens (including phenoxy) is 1. The number of phenolic OH excluding ortho intramolecular Hbond substituents is 1. The van der Waals surface area contributed by atoms with Gasteiger partial charge in [-0.05, 0) is 53.4 Å². The maximum absolute atomic E-state index is 14.7. The van der Waals surface area contributed by atoms with E-state index in [-0.39, 0.29) is 29.3 Å². The van der Waals surface area contributed by atoms with Crippen LogP contribution in [0.25, 0.3) is 10.8 Å². The van der Waals surface area contributed by atoms with Gasteiger partial charge in [0.05, 0.1) is 13.0 Å². The second-order valence-corrected chi connectivity index (χ2v) is 10.4. The van der Waals surface area contributed by atoms with Crippen LogP contribution in [0.5, 0.6) is 11.5 Å². The maximum atomic E-state index is 14.7. The van der Waals surface area contributed by atoms with E-state index in [0.29, 0.717) is 16.9 Å². The average Bonchev–Trinajstić information content (AvgIpc) is 3.59. The molecule has 1 aliphatic carbocycles. The van der Waals surface area contributed by atoms with E-state index in [0.717, 1.165) is 41.3 Å². The van der Waals surface area contributed by atoms with Crippen molar-refractivity contribution in [1.29, 1.82) is 0 Å². The average molecular weight is 490 g/mol. The molecule has 2 heterocycles. The van der Waals surface area contributed by atoms with Crippen LogP contribution in [-0.4, -0.2) is 41.3 Å². The molecule has 2 aliphatic heterocycles. The van der Waals surface area contributed by atoms with Gasteiger partial charge in [-0.25, -0.2) is 0 Å². The summed E-state index contributed by atoms with van der Waals surface area (Å²) in [5, 5.41) is 12.3. The number of fused-ring (bicyclic) bond motifs is 3. The Labute approximate surface area is 215 Å². The third-order valence-electron chi connectivity index (χ3n) is 8.81. The first-order valence-corrected chi connectivity index (χ1v) is 12.9. The zero-order valence-corrected chi connectivity index (χ0v) is 20.6. The molecule has 3 aliphatic rings. The van der Waals surface area contributed by atoms with E-state index >= 15 is 0 Å². The minimum Gasteiger partial charge on any atom is -0.504 e. The van der Waals surface area contributed by atoms with E-state index in [4.69, 9.17) is 4.74 Å². The normalized spacial score (nSPS) is 26.2. The maximum Gasteiger partial charge on any atom is 0.189 e. The Balaban J connectivity index is 1.53. The van der Waals surface area contributed by atoms with E-state index in [1.165, 1.54) is 7.11 Å². The van der Waals surface area contributed by atoms with Crippen LogP contribution in [-0.2, 0) is 5.54 Å². The molecule has 4 aromatic rings. The molecule has 2 fully saturated rings. The highest BCUT2D eigenvalue weighted by Crippen LogP contribution is 2.62. The standard InChI is InChI=1S/C32H27NO4/c1-37-26-18-21(15-16-25(26)34)28-24-14-7-17-33(24)32(29(28)30(35)20-8-3-2-4-9-20)23-13-6-11-19-10-5-12-22(27(19)23)31(32)36/h2-6,8-13,15-16,18,24,28-29,34H,7,14,17H2,1H3. The van der Waals surface area contributed by atoms with Crippen LogP contribution in [0, 0.1) is 5.92 Å². The molecule has 1 spiro atoms. The molecule has 37 heavy (non-hydrogen) atoms. The first-order chi connectivity index (χ1) is 18.1. The predicted molar refractivity (Wildman–Crippen MR) is 141 cm³/mol. The van der Waals surface area contributed by atoms with Gasteiger partial charge in [-0.2, -0.15) is 0 Å². The first-order valence-electron chi connectivity index (χ1n) is 12.9. The quantitative estimate of drug-likeness (QED) is 0.372. The Hall–Kier alpha value is -3.96. The van der Waals surface area contributed by atoms with Crippen LogP contribution < -0.4 is 4.74 Å². The summed E-state index contributed by atoms with van der Waals surface area (Å²) in [7, 11) is 1.53. The second-order valence-electron chi connectivity index (χ2n) is 10.4. The van der Waals surface area contributed by atoms with Crippen molar-refractivity contribution in [2.45, 2.75) is 30.3 Å². The van der Waals surface area contributed by atoms with E-state index in [1.807, 2.05) is 72.8 Å². The largest absolute Gasteiger partial charge is 0.504 e. The van der Waals surface area contributed by atoms with Gasteiger partial charge in [0, 0.05) is 23.1 Å². The van der Waals surface area contributed by atoms with Crippen molar-refractivity contribution in [3.63, 3.8) is 0 Å². The summed E-state index contributed by atoms with van der Waals surface area (Å²) in [6.07, 6.45) is 1.86. The number of benzene rings is 4. The number of aromatic hydroxyl groups is 1. The molecule has 0 aromatic heterocycles. The summed E-state index contributed by atoms with van der Waals surface area (Å²) in [5.41, 5.74) is 2.09. The summed E-state index contributed by atoms with van der Waals surface area (Å²) in [6.45, 7) is 0.755.